The summed E-state index contributed by atoms with van der Waals surface area (Å²) < 4.78 is 68.8. The number of fused-ring (bicyclic) bond motifs is 2. The Morgan fingerprint density at radius 2 is 1.79 bits per heavy atom. The maximum atomic E-state index is 14.8. The van der Waals surface area contributed by atoms with Gasteiger partial charge in [-0.1, -0.05) is 38.1 Å². The van der Waals surface area contributed by atoms with Crippen LogP contribution in [0.1, 0.15) is 105 Å². The van der Waals surface area contributed by atoms with Crippen LogP contribution in [-0.2, 0) is 16.6 Å². The van der Waals surface area contributed by atoms with Crippen molar-refractivity contribution in [3.05, 3.63) is 129 Å². The third-order valence-electron chi connectivity index (χ3n) is 16.6. The minimum absolute atomic E-state index is 0.00852. The van der Waals surface area contributed by atoms with Gasteiger partial charge >= 0.3 is 0 Å². The molecule has 4 N–H and O–H groups in total. The molecule has 3 aliphatic heterocycles. The van der Waals surface area contributed by atoms with Gasteiger partial charge in [0.15, 0.2) is 11.5 Å². The molecule has 0 unspecified atom stereocenters. The fraction of sp³-hybridized carbons (Fsp3) is 0.448. The number of anilines is 2. The van der Waals surface area contributed by atoms with E-state index < -0.39 is 42.9 Å². The van der Waals surface area contributed by atoms with E-state index in [4.69, 9.17) is 18.9 Å². The highest BCUT2D eigenvalue weighted by Gasteiger charge is 2.55. The number of rotatable bonds is 16. The number of methoxy groups -OCH3 is 1. The van der Waals surface area contributed by atoms with Gasteiger partial charge in [0.05, 0.1) is 52.9 Å². The lowest BCUT2D eigenvalue weighted by molar-refractivity contribution is -0.384. The summed E-state index contributed by atoms with van der Waals surface area (Å²) in [6, 6.07) is 23.4. The zero-order valence-electron chi connectivity index (χ0n) is 44.4. The predicted molar refractivity (Wildman–Crippen MR) is 293 cm³/mol. The van der Waals surface area contributed by atoms with Gasteiger partial charge in [0.1, 0.15) is 28.7 Å². The Bertz CT molecular complexity index is 3350. The van der Waals surface area contributed by atoms with E-state index in [-0.39, 0.29) is 45.5 Å². The summed E-state index contributed by atoms with van der Waals surface area (Å²) in [5, 5.41) is 25.9. The van der Waals surface area contributed by atoms with Crippen LogP contribution in [0.4, 0.5) is 21.5 Å². The van der Waals surface area contributed by atoms with E-state index >= 15 is 0 Å². The first kappa shape index (κ1) is 53.0. The van der Waals surface area contributed by atoms with E-state index in [9.17, 15) is 32.8 Å². The molecule has 5 aliphatic rings. The number of aliphatic hydroxyl groups is 1. The molecule has 4 fully saturated rings. The number of aromatic amines is 1. The number of piperazine rings is 1. The zero-order valence-corrected chi connectivity index (χ0v) is 45.2. The monoisotopic (exact) mass is 1090 g/mol. The summed E-state index contributed by atoms with van der Waals surface area (Å²) in [6.45, 7) is 12.8. The van der Waals surface area contributed by atoms with Gasteiger partial charge in [0, 0.05) is 93.7 Å². The van der Waals surface area contributed by atoms with E-state index in [2.05, 4.69) is 85.0 Å². The molecule has 11 rings (SSSR count). The van der Waals surface area contributed by atoms with Crippen LogP contribution in [0.25, 0.3) is 11.0 Å². The van der Waals surface area contributed by atoms with Crippen molar-refractivity contribution < 1.29 is 46.6 Å². The highest BCUT2D eigenvalue weighted by atomic mass is 32.2. The Labute approximate surface area is 453 Å². The van der Waals surface area contributed by atoms with Gasteiger partial charge in [-0.2, -0.15) is 0 Å². The number of carbonyl (C=O) groups excluding carboxylic acids is 1. The van der Waals surface area contributed by atoms with Crippen LogP contribution in [-0.4, -0.2) is 115 Å². The Hall–Kier alpha value is -7.00. The number of nitro groups is 1. The van der Waals surface area contributed by atoms with Crippen LogP contribution >= 0.6 is 0 Å². The lowest BCUT2D eigenvalue weighted by Crippen LogP contribution is -2.68. The molecule has 20 heteroatoms. The van der Waals surface area contributed by atoms with Gasteiger partial charge < -0.3 is 39.3 Å². The molecule has 1 amide bonds. The number of pyridine rings is 1. The Kier molecular flexibility index (Phi) is 14.5. The summed E-state index contributed by atoms with van der Waals surface area (Å²) in [4.78, 5) is 39.7. The molecule has 4 aromatic carbocycles. The number of sulfonamides is 1. The van der Waals surface area contributed by atoms with Crippen molar-refractivity contribution in [3.8, 4) is 28.7 Å². The Morgan fingerprint density at radius 3 is 2.56 bits per heavy atom. The normalized spacial score (nSPS) is 21.7. The average Bonchev–Trinajstić information content (AvgIpc) is 3.71. The van der Waals surface area contributed by atoms with E-state index in [1.165, 1.54) is 47.8 Å². The number of nitro benzene ring substituents is 1. The number of amides is 1. The molecule has 1 spiro atoms. The largest absolute Gasteiger partial charge is 0.493 e. The Balaban J connectivity index is 0.795. The van der Waals surface area contributed by atoms with Gasteiger partial charge in [-0.15, -0.1) is 0 Å². The first-order valence-corrected chi connectivity index (χ1v) is 28.5. The number of hydrogen-bond acceptors (Lipinski definition) is 15. The topological polar surface area (TPSA) is 214 Å². The van der Waals surface area contributed by atoms with E-state index in [1.54, 1.807) is 26.2 Å². The highest BCUT2D eigenvalue weighted by Crippen LogP contribution is 2.54. The van der Waals surface area contributed by atoms with Gasteiger partial charge in [0.2, 0.25) is 5.75 Å². The quantitative estimate of drug-likeness (QED) is 0.0525. The van der Waals surface area contributed by atoms with E-state index in [0.29, 0.717) is 61.7 Å². The van der Waals surface area contributed by atoms with Crippen LogP contribution in [0, 0.1) is 27.3 Å². The third-order valence-corrected chi connectivity index (χ3v) is 17.9. The number of hydrogen-bond donors (Lipinski definition) is 4. The van der Waals surface area contributed by atoms with Crippen LogP contribution in [0.3, 0.4) is 0 Å². The summed E-state index contributed by atoms with van der Waals surface area (Å²) >= 11 is 0. The third kappa shape index (κ3) is 10.9. The van der Waals surface area contributed by atoms with E-state index in [0.717, 1.165) is 94.4 Å². The zero-order chi connectivity index (χ0) is 54.5. The van der Waals surface area contributed by atoms with Crippen LogP contribution in [0.5, 0.6) is 28.7 Å². The lowest BCUT2D eigenvalue weighted by Gasteiger charge is -2.63. The number of H-pyrrole nitrogens is 1. The second-order valence-corrected chi connectivity index (χ2v) is 24.2. The Morgan fingerprint density at radius 1 is 1.01 bits per heavy atom. The molecule has 1 atom stereocenters. The molecule has 2 saturated heterocycles. The van der Waals surface area contributed by atoms with Crippen molar-refractivity contribution in [1.29, 1.82) is 0 Å². The molecule has 2 aliphatic carbocycles. The number of aromatic nitrogens is 2. The second-order valence-electron chi connectivity index (χ2n) is 22.5. The number of carbonyl (C=O) groups is 1. The number of benzene rings is 4. The minimum atomic E-state index is -4.66. The summed E-state index contributed by atoms with van der Waals surface area (Å²) in [5.74, 6) is 1.14. The molecule has 0 radical (unpaired) electrons. The highest BCUT2D eigenvalue weighted by molar-refractivity contribution is 7.90. The molecule has 5 heterocycles. The van der Waals surface area contributed by atoms with Crippen LogP contribution in [0.2, 0.25) is 0 Å². The number of nitrogens with zero attached hydrogens (tertiary/aromatic N) is 5. The van der Waals surface area contributed by atoms with E-state index in [1.807, 2.05) is 0 Å². The summed E-state index contributed by atoms with van der Waals surface area (Å²) in [7, 11) is -2.99. The number of halogens is 1. The first-order chi connectivity index (χ1) is 37.4. The lowest BCUT2D eigenvalue weighted by atomic mass is 9.59. The number of ether oxygens (including phenoxy) is 4. The summed E-state index contributed by atoms with van der Waals surface area (Å²) in [6.07, 6.45) is 8.11. The van der Waals surface area contributed by atoms with Crippen molar-refractivity contribution in [1.82, 2.24) is 24.5 Å². The molecule has 6 aromatic rings. The molecule has 18 nitrogen and oxygen atoms in total. The standard InChI is InChI=1S/C58H67FN8O10S/c1-36(2)43-8-5-6-9-44(43)50-33-64(32-38-22-52(74-4)54-53(23-38)75-20-7-21-76-54)18-19-66(50)40-27-58(28-40)34-65(35-58)39-10-12-45(51(24-39)77-41-25-46-47(59)31-62-55(46)61-30-41)56(68)63-78(72,73)42-11-13-48(49(26-42)67(70)71)60-29-37-14-16-57(3,69)17-15-37/h5-6,8-13,22-26,30-31,36-37,40,50,60,69H,7,14-21,27-29,32-35H2,1-4H3,(H,61,62)(H,63,68)/t37?,50-,57?/m0/s1. The molecular weight excluding hydrogens is 1020 g/mol. The predicted octanol–water partition coefficient (Wildman–Crippen LogP) is 9.70. The van der Waals surface area contributed by atoms with Crippen LogP contribution in [0.15, 0.2) is 96.2 Å². The molecule has 2 saturated carbocycles. The van der Waals surface area contributed by atoms with Gasteiger partial charge in [-0.25, -0.2) is 22.5 Å². The van der Waals surface area contributed by atoms with Crippen molar-refractivity contribution in [2.75, 3.05) is 69.8 Å². The molecule has 0 bridgehead atoms. The van der Waals surface area contributed by atoms with Crippen molar-refractivity contribution in [2.24, 2.45) is 11.3 Å². The van der Waals surface area contributed by atoms with Gasteiger partial charge in [-0.05, 0) is 116 Å². The second kappa shape index (κ2) is 21.3. The maximum Gasteiger partial charge on any atom is 0.293 e. The smallest absolute Gasteiger partial charge is 0.293 e. The fourth-order valence-corrected chi connectivity index (χ4v) is 13.3. The number of nitrogens with one attached hydrogen (secondary N) is 3. The van der Waals surface area contributed by atoms with Crippen molar-refractivity contribution in [3.63, 3.8) is 0 Å². The fourth-order valence-electron chi connectivity index (χ4n) is 12.3. The minimum Gasteiger partial charge on any atom is -0.493 e. The van der Waals surface area contributed by atoms with Crippen molar-refractivity contribution >= 4 is 44.0 Å². The first-order valence-electron chi connectivity index (χ1n) is 27.0. The van der Waals surface area contributed by atoms with Gasteiger partial charge in [0.25, 0.3) is 21.6 Å². The SMILES string of the molecule is COc1cc(CN2CCN(C3CC4(C3)CN(c3ccc(C(=O)NS(=O)(=O)c5ccc(NCC6CCC(C)(O)CC6)c([N+](=O)[O-])c5)c(Oc5cnc6[nH]cc(F)c6c5)c3)C4)[C@H](c3ccccc3C(C)C)C2)cc2c1OCCCO2. The average molecular weight is 1090 g/mol. The molecular formula is C58H67FN8O10S. The molecule has 2 aromatic heterocycles. The van der Waals surface area contributed by atoms with Crippen LogP contribution < -0.4 is 33.9 Å². The molecule has 78 heavy (non-hydrogen) atoms. The summed E-state index contributed by atoms with van der Waals surface area (Å²) in [5.41, 5.74) is 3.75. The van der Waals surface area contributed by atoms with Gasteiger partial charge in [-0.3, -0.25) is 24.7 Å². The molecule has 412 valence electrons. The van der Waals surface area contributed by atoms with Crippen molar-refractivity contribution in [2.45, 2.75) is 101 Å². The maximum absolute atomic E-state index is 14.8.